The standard InChI is InChI=1S/C9H16F3N5/c1-6(2)13-5-8-14-15-16-17(8)7(3)4-9(10,11)12/h6-7,13H,4-5H2,1-3H3. The van der Waals surface area contributed by atoms with Gasteiger partial charge in [0.2, 0.25) is 0 Å². The molecule has 0 aromatic carbocycles. The Kier molecular flexibility index (Phi) is 4.44. The minimum atomic E-state index is -4.21. The number of nitrogens with one attached hydrogen (secondary N) is 1. The molecule has 0 amide bonds. The molecule has 0 aliphatic heterocycles. The summed E-state index contributed by atoms with van der Waals surface area (Å²) in [6.45, 7) is 5.68. The van der Waals surface area contributed by atoms with E-state index in [-0.39, 0.29) is 6.04 Å². The highest BCUT2D eigenvalue weighted by atomic mass is 19.4. The molecule has 0 fully saturated rings. The summed E-state index contributed by atoms with van der Waals surface area (Å²) in [6.07, 6.45) is -5.15. The van der Waals surface area contributed by atoms with Gasteiger partial charge in [-0.3, -0.25) is 0 Å². The molecule has 0 bridgehead atoms. The second kappa shape index (κ2) is 5.44. The summed E-state index contributed by atoms with van der Waals surface area (Å²) < 4.78 is 37.9. The van der Waals surface area contributed by atoms with Gasteiger partial charge in [0.05, 0.1) is 19.0 Å². The summed E-state index contributed by atoms with van der Waals surface area (Å²) in [6, 6.07) is -0.577. The third-order valence-corrected chi connectivity index (χ3v) is 2.17. The average Bonchev–Trinajstić information content (AvgIpc) is 2.59. The van der Waals surface area contributed by atoms with Crippen LogP contribution < -0.4 is 5.32 Å². The Balaban J connectivity index is 2.67. The van der Waals surface area contributed by atoms with Gasteiger partial charge in [-0.1, -0.05) is 13.8 Å². The Labute approximate surface area is 97.4 Å². The van der Waals surface area contributed by atoms with Crippen molar-refractivity contribution >= 4 is 0 Å². The summed E-state index contributed by atoms with van der Waals surface area (Å²) in [5, 5.41) is 13.8. The number of tetrazole rings is 1. The maximum absolute atomic E-state index is 12.2. The molecule has 1 aromatic rings. The third kappa shape index (κ3) is 4.68. The van der Waals surface area contributed by atoms with Crippen LogP contribution in [-0.4, -0.2) is 32.4 Å². The van der Waals surface area contributed by atoms with E-state index in [1.807, 2.05) is 13.8 Å². The van der Waals surface area contributed by atoms with Gasteiger partial charge in [-0.05, 0) is 17.4 Å². The molecule has 8 heteroatoms. The van der Waals surface area contributed by atoms with Gasteiger partial charge in [-0.25, -0.2) is 4.68 Å². The molecule has 0 radical (unpaired) electrons. The molecular formula is C9H16F3N5. The predicted molar refractivity (Wildman–Crippen MR) is 55.2 cm³/mol. The summed E-state index contributed by atoms with van der Waals surface area (Å²) in [5.41, 5.74) is 0. The molecule has 98 valence electrons. The van der Waals surface area contributed by atoms with Gasteiger partial charge in [-0.15, -0.1) is 5.10 Å². The first-order valence-corrected chi connectivity index (χ1v) is 5.36. The molecule has 1 N–H and O–H groups in total. The molecule has 0 spiro atoms. The molecule has 0 aliphatic carbocycles. The van der Waals surface area contributed by atoms with E-state index in [9.17, 15) is 13.2 Å². The Morgan fingerprint density at radius 2 is 1.94 bits per heavy atom. The van der Waals surface area contributed by atoms with Gasteiger partial charge in [0.25, 0.3) is 0 Å². The van der Waals surface area contributed by atoms with Gasteiger partial charge in [0.15, 0.2) is 5.82 Å². The normalized spacial score (nSPS) is 14.3. The first-order chi connectivity index (χ1) is 7.79. The summed E-state index contributed by atoms with van der Waals surface area (Å²) in [5.74, 6) is 0.412. The predicted octanol–water partition coefficient (Wildman–Crippen LogP) is 1.68. The lowest BCUT2D eigenvalue weighted by Crippen LogP contribution is -2.26. The Hall–Kier alpha value is -1.18. The first kappa shape index (κ1) is 13.9. The van der Waals surface area contributed by atoms with Crippen LogP contribution in [0.2, 0.25) is 0 Å². The molecule has 0 aliphatic rings. The molecular weight excluding hydrogens is 235 g/mol. The second-order valence-electron chi connectivity index (χ2n) is 4.24. The highest BCUT2D eigenvalue weighted by Crippen LogP contribution is 2.27. The lowest BCUT2D eigenvalue weighted by molar-refractivity contribution is -0.142. The first-order valence-electron chi connectivity index (χ1n) is 5.36. The number of hydrogen-bond donors (Lipinski definition) is 1. The smallest absolute Gasteiger partial charge is 0.308 e. The van der Waals surface area contributed by atoms with Gasteiger partial charge in [0.1, 0.15) is 0 Å². The maximum Gasteiger partial charge on any atom is 0.391 e. The van der Waals surface area contributed by atoms with Crippen LogP contribution in [0.3, 0.4) is 0 Å². The fourth-order valence-electron chi connectivity index (χ4n) is 1.39. The molecule has 17 heavy (non-hydrogen) atoms. The zero-order valence-electron chi connectivity index (χ0n) is 9.99. The average molecular weight is 251 g/mol. The number of rotatable bonds is 5. The topological polar surface area (TPSA) is 55.6 Å². The minimum absolute atomic E-state index is 0.220. The Morgan fingerprint density at radius 1 is 1.29 bits per heavy atom. The van der Waals surface area contributed by atoms with Crippen molar-refractivity contribution in [1.29, 1.82) is 0 Å². The third-order valence-electron chi connectivity index (χ3n) is 2.17. The van der Waals surface area contributed by atoms with E-state index in [2.05, 4.69) is 20.8 Å². The van der Waals surface area contributed by atoms with Crippen LogP contribution >= 0.6 is 0 Å². The highest BCUT2D eigenvalue weighted by Gasteiger charge is 2.32. The Bertz CT molecular complexity index is 347. The number of halogens is 3. The van der Waals surface area contributed by atoms with E-state index in [0.29, 0.717) is 12.4 Å². The fraction of sp³-hybridized carbons (Fsp3) is 0.889. The number of nitrogens with zero attached hydrogens (tertiary/aromatic N) is 4. The summed E-state index contributed by atoms with van der Waals surface area (Å²) in [4.78, 5) is 0. The van der Waals surface area contributed by atoms with Crippen molar-refractivity contribution in [3.8, 4) is 0 Å². The number of aromatic nitrogens is 4. The van der Waals surface area contributed by atoms with E-state index in [0.717, 1.165) is 0 Å². The van der Waals surface area contributed by atoms with Crippen LogP contribution in [0.25, 0.3) is 0 Å². The lowest BCUT2D eigenvalue weighted by atomic mass is 10.2. The van der Waals surface area contributed by atoms with Crippen molar-refractivity contribution in [2.75, 3.05) is 0 Å². The van der Waals surface area contributed by atoms with Crippen LogP contribution in [-0.2, 0) is 6.54 Å². The van der Waals surface area contributed by atoms with Crippen LogP contribution in [0.4, 0.5) is 13.2 Å². The molecule has 5 nitrogen and oxygen atoms in total. The van der Waals surface area contributed by atoms with Crippen molar-refractivity contribution in [2.24, 2.45) is 0 Å². The maximum atomic E-state index is 12.2. The molecule has 1 atom stereocenters. The lowest BCUT2D eigenvalue weighted by Gasteiger charge is -2.16. The number of alkyl halides is 3. The van der Waals surface area contributed by atoms with Crippen molar-refractivity contribution < 1.29 is 13.2 Å². The molecule has 1 rings (SSSR count). The summed E-state index contributed by atoms with van der Waals surface area (Å²) in [7, 11) is 0. The van der Waals surface area contributed by atoms with E-state index in [1.54, 1.807) is 0 Å². The largest absolute Gasteiger partial charge is 0.391 e. The van der Waals surface area contributed by atoms with E-state index in [1.165, 1.54) is 11.6 Å². The highest BCUT2D eigenvalue weighted by molar-refractivity contribution is 4.84. The van der Waals surface area contributed by atoms with E-state index < -0.39 is 18.6 Å². The molecule has 0 saturated carbocycles. The minimum Gasteiger partial charge on any atom is -0.308 e. The van der Waals surface area contributed by atoms with Crippen LogP contribution in [0.15, 0.2) is 0 Å². The van der Waals surface area contributed by atoms with Crippen LogP contribution in [0.5, 0.6) is 0 Å². The fourth-order valence-corrected chi connectivity index (χ4v) is 1.39. The van der Waals surface area contributed by atoms with Crippen LogP contribution in [0.1, 0.15) is 39.1 Å². The summed E-state index contributed by atoms with van der Waals surface area (Å²) >= 11 is 0. The van der Waals surface area contributed by atoms with Gasteiger partial charge in [0, 0.05) is 6.04 Å². The van der Waals surface area contributed by atoms with Crippen molar-refractivity contribution in [3.63, 3.8) is 0 Å². The molecule has 0 saturated heterocycles. The molecule has 1 unspecified atom stereocenters. The van der Waals surface area contributed by atoms with Crippen molar-refractivity contribution in [2.45, 2.75) is 52.0 Å². The molecule has 1 aromatic heterocycles. The SMILES string of the molecule is CC(C)NCc1nnnn1C(C)CC(F)(F)F. The van der Waals surface area contributed by atoms with E-state index >= 15 is 0 Å². The van der Waals surface area contributed by atoms with Crippen LogP contribution in [0, 0.1) is 0 Å². The van der Waals surface area contributed by atoms with Crippen molar-refractivity contribution in [3.05, 3.63) is 5.82 Å². The molecule has 1 heterocycles. The van der Waals surface area contributed by atoms with Gasteiger partial charge < -0.3 is 5.32 Å². The zero-order chi connectivity index (χ0) is 13.1. The number of hydrogen-bond acceptors (Lipinski definition) is 4. The monoisotopic (exact) mass is 251 g/mol. The van der Waals surface area contributed by atoms with E-state index in [4.69, 9.17) is 0 Å². The Morgan fingerprint density at radius 3 is 2.47 bits per heavy atom. The quantitative estimate of drug-likeness (QED) is 0.865. The zero-order valence-corrected chi connectivity index (χ0v) is 9.99. The van der Waals surface area contributed by atoms with Gasteiger partial charge in [-0.2, -0.15) is 13.2 Å². The van der Waals surface area contributed by atoms with Crippen molar-refractivity contribution in [1.82, 2.24) is 25.5 Å². The van der Waals surface area contributed by atoms with Gasteiger partial charge >= 0.3 is 6.18 Å². The second-order valence-corrected chi connectivity index (χ2v) is 4.24.